The van der Waals surface area contributed by atoms with Crippen LogP contribution >= 0.6 is 11.8 Å². The number of hydrogen-bond acceptors (Lipinski definition) is 3. The fourth-order valence-electron chi connectivity index (χ4n) is 2.32. The van der Waals surface area contributed by atoms with Crippen molar-refractivity contribution in [2.45, 2.75) is 51.2 Å². The zero-order chi connectivity index (χ0) is 16.2. The number of carbonyl (C=O) groups excluding carboxylic acids is 2. The van der Waals surface area contributed by atoms with Crippen LogP contribution in [-0.4, -0.2) is 46.6 Å². The molecule has 1 N–H and O–H groups in total. The lowest BCUT2D eigenvalue weighted by molar-refractivity contribution is -0.150. The predicted octanol–water partition coefficient (Wildman–Crippen LogP) is 2.39. The van der Waals surface area contributed by atoms with Gasteiger partial charge in [-0.1, -0.05) is 27.2 Å². The van der Waals surface area contributed by atoms with Crippen LogP contribution in [0.3, 0.4) is 0 Å². The number of rotatable bonds is 6. The molecule has 2 atom stereocenters. The van der Waals surface area contributed by atoms with Crippen LogP contribution < -0.4 is 5.32 Å². The van der Waals surface area contributed by atoms with Gasteiger partial charge in [0.15, 0.2) is 0 Å². The van der Waals surface area contributed by atoms with Crippen LogP contribution in [0.4, 0.5) is 13.2 Å². The Hall–Kier alpha value is -0.920. The molecule has 0 radical (unpaired) electrons. The first kappa shape index (κ1) is 18.1. The maximum absolute atomic E-state index is 12.4. The summed E-state index contributed by atoms with van der Waals surface area (Å²) >= 11 is -0.165. The van der Waals surface area contributed by atoms with E-state index in [2.05, 4.69) is 5.32 Å². The van der Waals surface area contributed by atoms with Crippen LogP contribution in [0, 0.1) is 5.92 Å². The van der Waals surface area contributed by atoms with E-state index in [1.807, 2.05) is 6.92 Å². The van der Waals surface area contributed by atoms with Crippen LogP contribution in [0.5, 0.6) is 0 Å². The average Bonchev–Trinajstić information content (AvgIpc) is 2.35. The maximum atomic E-state index is 12.4. The summed E-state index contributed by atoms with van der Waals surface area (Å²) in [5.41, 5.74) is -4.32. The van der Waals surface area contributed by atoms with E-state index < -0.39 is 17.6 Å². The van der Waals surface area contributed by atoms with Gasteiger partial charge in [0.05, 0.1) is 0 Å². The van der Waals surface area contributed by atoms with E-state index >= 15 is 0 Å². The van der Waals surface area contributed by atoms with Crippen LogP contribution in [0.15, 0.2) is 0 Å². The van der Waals surface area contributed by atoms with Crippen molar-refractivity contribution in [2.24, 2.45) is 5.92 Å². The van der Waals surface area contributed by atoms with Gasteiger partial charge in [0, 0.05) is 12.3 Å². The zero-order valence-electron chi connectivity index (χ0n) is 12.4. The molecule has 8 heteroatoms. The largest absolute Gasteiger partial charge is 0.441 e. The van der Waals surface area contributed by atoms with Crippen LogP contribution in [-0.2, 0) is 9.59 Å². The fraction of sp³-hybridized carbons (Fsp3) is 0.846. The first-order valence-electron chi connectivity index (χ1n) is 6.99. The minimum absolute atomic E-state index is 0.0652. The number of thioether (sulfide) groups is 1. The van der Waals surface area contributed by atoms with Gasteiger partial charge in [0.2, 0.25) is 11.8 Å². The molecule has 2 unspecified atom stereocenters. The molecule has 0 aliphatic carbocycles. The first-order chi connectivity index (χ1) is 9.67. The average molecular weight is 326 g/mol. The smallest absolute Gasteiger partial charge is 0.342 e. The highest BCUT2D eigenvalue weighted by Crippen LogP contribution is 2.30. The van der Waals surface area contributed by atoms with Crippen molar-refractivity contribution < 1.29 is 22.8 Å². The Bertz CT molecular complexity index is 388. The lowest BCUT2D eigenvalue weighted by atomic mass is 9.96. The summed E-state index contributed by atoms with van der Waals surface area (Å²) in [6.07, 6.45) is 1.14. The zero-order valence-corrected chi connectivity index (χ0v) is 13.2. The summed E-state index contributed by atoms with van der Waals surface area (Å²) in [5, 5.41) is 2.68. The van der Waals surface area contributed by atoms with Crippen molar-refractivity contribution in [3.05, 3.63) is 0 Å². The van der Waals surface area contributed by atoms with E-state index in [9.17, 15) is 22.8 Å². The highest BCUT2D eigenvalue weighted by atomic mass is 32.2. The monoisotopic (exact) mass is 326 g/mol. The Morgan fingerprint density at radius 2 is 1.95 bits per heavy atom. The molecule has 0 aromatic heterocycles. The standard InChI is InChI=1S/C13H21F3N2O2S/c1-4-5-9-11(19)17-10(8(2)3)12(20)18(9)6-7-21-13(14,15)16/h8-10H,4-7H2,1-3H3,(H,17,19). The van der Waals surface area contributed by atoms with E-state index in [4.69, 9.17) is 0 Å². The second kappa shape index (κ2) is 7.38. The molecule has 1 heterocycles. The molecule has 4 nitrogen and oxygen atoms in total. The highest BCUT2D eigenvalue weighted by molar-refractivity contribution is 8.00. The number of amides is 2. The Labute approximate surface area is 126 Å². The Morgan fingerprint density at radius 3 is 2.43 bits per heavy atom. The molecule has 1 aliphatic heterocycles. The summed E-state index contributed by atoms with van der Waals surface area (Å²) in [6.45, 7) is 5.40. The van der Waals surface area contributed by atoms with E-state index in [1.54, 1.807) is 13.8 Å². The second-order valence-electron chi connectivity index (χ2n) is 5.36. The van der Waals surface area contributed by atoms with Crippen LogP contribution in [0.2, 0.25) is 0 Å². The molecule has 122 valence electrons. The van der Waals surface area contributed by atoms with Gasteiger partial charge in [-0.2, -0.15) is 13.2 Å². The number of nitrogens with zero attached hydrogens (tertiary/aromatic N) is 1. The molecule has 0 saturated carbocycles. The molecule has 2 amide bonds. The molecular weight excluding hydrogens is 305 g/mol. The normalized spacial score (nSPS) is 23.7. The molecule has 1 aliphatic rings. The van der Waals surface area contributed by atoms with E-state index in [0.717, 1.165) is 0 Å². The molecule has 0 spiro atoms. The van der Waals surface area contributed by atoms with Gasteiger partial charge in [-0.05, 0) is 24.1 Å². The number of alkyl halides is 3. The van der Waals surface area contributed by atoms with Gasteiger partial charge >= 0.3 is 5.51 Å². The van der Waals surface area contributed by atoms with Gasteiger partial charge < -0.3 is 10.2 Å². The lowest BCUT2D eigenvalue weighted by Gasteiger charge is -2.40. The quantitative estimate of drug-likeness (QED) is 0.815. The number of halogens is 3. The molecule has 1 fully saturated rings. The third-order valence-corrected chi connectivity index (χ3v) is 4.07. The Morgan fingerprint density at radius 1 is 1.33 bits per heavy atom. The summed E-state index contributed by atoms with van der Waals surface area (Å²) in [5.74, 6) is -0.909. The topological polar surface area (TPSA) is 49.4 Å². The first-order valence-corrected chi connectivity index (χ1v) is 7.97. The minimum Gasteiger partial charge on any atom is -0.342 e. The third-order valence-electron chi connectivity index (χ3n) is 3.35. The molecule has 1 saturated heterocycles. The Kier molecular flexibility index (Phi) is 6.37. The predicted molar refractivity (Wildman–Crippen MR) is 75.7 cm³/mol. The summed E-state index contributed by atoms with van der Waals surface area (Å²) in [4.78, 5) is 25.8. The minimum atomic E-state index is -4.32. The molecule has 0 aromatic carbocycles. The van der Waals surface area contributed by atoms with Gasteiger partial charge in [-0.25, -0.2) is 0 Å². The SMILES string of the molecule is CCCC1C(=O)NC(C(C)C)C(=O)N1CCSC(F)(F)F. The maximum Gasteiger partial charge on any atom is 0.441 e. The van der Waals surface area contributed by atoms with Crippen LogP contribution in [0.25, 0.3) is 0 Å². The fourth-order valence-corrected chi connectivity index (χ4v) is 2.84. The van der Waals surface area contributed by atoms with Crippen molar-refractivity contribution in [2.75, 3.05) is 12.3 Å². The van der Waals surface area contributed by atoms with E-state index in [-0.39, 0.29) is 41.8 Å². The summed E-state index contributed by atoms with van der Waals surface area (Å²) in [6, 6.07) is -1.31. The molecule has 0 bridgehead atoms. The van der Waals surface area contributed by atoms with Gasteiger partial charge in [0.1, 0.15) is 12.1 Å². The summed E-state index contributed by atoms with van der Waals surface area (Å²) < 4.78 is 36.6. The van der Waals surface area contributed by atoms with Gasteiger partial charge in [0.25, 0.3) is 0 Å². The molecule has 0 aromatic rings. The molecule has 1 rings (SSSR count). The second-order valence-corrected chi connectivity index (χ2v) is 6.52. The Balaban J connectivity index is 2.79. The number of carbonyl (C=O) groups is 2. The van der Waals surface area contributed by atoms with Crippen molar-refractivity contribution in [3.8, 4) is 0 Å². The van der Waals surface area contributed by atoms with Crippen molar-refractivity contribution in [1.29, 1.82) is 0 Å². The number of nitrogens with one attached hydrogen (secondary N) is 1. The third kappa shape index (κ3) is 5.09. The van der Waals surface area contributed by atoms with E-state index in [1.165, 1.54) is 4.90 Å². The molecular formula is C13H21F3N2O2S. The van der Waals surface area contributed by atoms with Gasteiger partial charge in [-0.15, -0.1) is 0 Å². The lowest BCUT2D eigenvalue weighted by Crippen LogP contribution is -2.65. The van der Waals surface area contributed by atoms with Crippen molar-refractivity contribution in [1.82, 2.24) is 10.2 Å². The van der Waals surface area contributed by atoms with Crippen molar-refractivity contribution >= 4 is 23.6 Å². The van der Waals surface area contributed by atoms with Gasteiger partial charge in [-0.3, -0.25) is 9.59 Å². The number of piperazine rings is 1. The van der Waals surface area contributed by atoms with E-state index in [0.29, 0.717) is 12.8 Å². The highest BCUT2D eigenvalue weighted by Gasteiger charge is 2.41. The summed E-state index contributed by atoms with van der Waals surface area (Å²) in [7, 11) is 0. The molecule has 21 heavy (non-hydrogen) atoms. The van der Waals surface area contributed by atoms with Crippen LogP contribution in [0.1, 0.15) is 33.6 Å². The van der Waals surface area contributed by atoms with Crippen molar-refractivity contribution in [3.63, 3.8) is 0 Å². The number of hydrogen-bond donors (Lipinski definition) is 1.